The van der Waals surface area contributed by atoms with Gasteiger partial charge in [-0.05, 0) is 19.1 Å². The summed E-state index contributed by atoms with van der Waals surface area (Å²) in [6.45, 7) is 1.60. The van der Waals surface area contributed by atoms with Crippen LogP contribution in [-0.2, 0) is 10.0 Å². The van der Waals surface area contributed by atoms with E-state index < -0.39 is 22.0 Å². The lowest BCUT2D eigenvalue weighted by Gasteiger charge is -2.11. The second-order valence-corrected chi connectivity index (χ2v) is 6.51. The summed E-state index contributed by atoms with van der Waals surface area (Å²) in [7, 11) is -3.71. The van der Waals surface area contributed by atoms with E-state index in [0.29, 0.717) is 5.01 Å². The average Bonchev–Trinajstić information content (AvgIpc) is 2.89. The molecule has 0 aliphatic carbocycles. The molecule has 1 unspecified atom stereocenters. The maximum absolute atomic E-state index is 12.1. The van der Waals surface area contributed by atoms with Gasteiger partial charge in [-0.1, -0.05) is 0 Å². The monoisotopic (exact) mass is 313 g/mol. The van der Waals surface area contributed by atoms with E-state index >= 15 is 0 Å². The number of pyridine rings is 1. The summed E-state index contributed by atoms with van der Waals surface area (Å²) in [4.78, 5) is 18.4. The van der Waals surface area contributed by atoms with Crippen molar-refractivity contribution in [1.82, 2.24) is 14.7 Å². The molecule has 0 saturated heterocycles. The first-order chi connectivity index (χ1) is 9.40. The number of aromatic nitrogens is 2. The molecular formula is C11H11N3O4S2. The van der Waals surface area contributed by atoms with Gasteiger partial charge in [-0.15, -0.1) is 11.3 Å². The van der Waals surface area contributed by atoms with E-state index in [9.17, 15) is 13.2 Å². The first-order valence-electron chi connectivity index (χ1n) is 5.51. The number of thiazole rings is 1. The molecule has 2 N–H and O–H groups in total. The molecule has 2 heterocycles. The number of rotatable bonds is 5. The third kappa shape index (κ3) is 3.18. The molecule has 2 rings (SSSR count). The largest absolute Gasteiger partial charge is 0.476 e. The molecule has 0 bridgehead atoms. The number of nitrogens with zero attached hydrogens (tertiary/aromatic N) is 2. The van der Waals surface area contributed by atoms with E-state index in [1.54, 1.807) is 6.92 Å². The van der Waals surface area contributed by atoms with Crippen LogP contribution in [0.15, 0.2) is 34.8 Å². The molecule has 0 saturated carbocycles. The Morgan fingerprint density at radius 2 is 2.25 bits per heavy atom. The highest BCUT2D eigenvalue weighted by Crippen LogP contribution is 2.20. The third-order valence-electron chi connectivity index (χ3n) is 2.39. The van der Waals surface area contributed by atoms with E-state index in [0.717, 1.165) is 11.3 Å². The van der Waals surface area contributed by atoms with Crippen molar-refractivity contribution in [2.24, 2.45) is 0 Å². The minimum atomic E-state index is -3.71. The van der Waals surface area contributed by atoms with Gasteiger partial charge in [0.1, 0.15) is 9.90 Å². The SMILES string of the molecule is CC(NS(=O)(=O)c1cccnc1)c1nc(C(=O)O)cs1. The van der Waals surface area contributed by atoms with Crippen LogP contribution in [0.25, 0.3) is 0 Å². The summed E-state index contributed by atoms with van der Waals surface area (Å²) in [5.41, 5.74) is -0.0996. The summed E-state index contributed by atoms with van der Waals surface area (Å²) in [5, 5.41) is 10.5. The molecule has 0 aliphatic rings. The van der Waals surface area contributed by atoms with Gasteiger partial charge in [0, 0.05) is 17.8 Å². The molecule has 0 aromatic carbocycles. The highest BCUT2D eigenvalue weighted by molar-refractivity contribution is 7.89. The molecule has 0 aliphatic heterocycles. The first kappa shape index (κ1) is 14.6. The topological polar surface area (TPSA) is 109 Å². The van der Waals surface area contributed by atoms with Crippen LogP contribution in [0.1, 0.15) is 28.5 Å². The quantitative estimate of drug-likeness (QED) is 0.860. The molecule has 0 spiro atoms. The molecule has 0 radical (unpaired) electrons. The Labute approximate surface area is 119 Å². The lowest BCUT2D eigenvalue weighted by molar-refractivity contribution is 0.0691. The second kappa shape index (κ2) is 5.65. The van der Waals surface area contributed by atoms with Crippen LogP contribution in [0.3, 0.4) is 0 Å². The van der Waals surface area contributed by atoms with Gasteiger partial charge in [0.25, 0.3) is 0 Å². The number of hydrogen-bond acceptors (Lipinski definition) is 6. The standard InChI is InChI=1S/C11H11N3O4S2/c1-7(10-13-9(6-19-10)11(15)16)14-20(17,18)8-3-2-4-12-5-8/h2-7,14H,1H3,(H,15,16). The highest BCUT2D eigenvalue weighted by atomic mass is 32.2. The van der Waals surface area contributed by atoms with Gasteiger partial charge in [-0.25, -0.2) is 22.9 Å². The second-order valence-electron chi connectivity index (χ2n) is 3.91. The average molecular weight is 313 g/mol. The van der Waals surface area contributed by atoms with E-state index in [1.807, 2.05) is 0 Å². The minimum absolute atomic E-state index is 0.0434. The fourth-order valence-electron chi connectivity index (χ4n) is 1.44. The van der Waals surface area contributed by atoms with Crippen LogP contribution in [0.2, 0.25) is 0 Å². The highest BCUT2D eigenvalue weighted by Gasteiger charge is 2.21. The number of nitrogens with one attached hydrogen (secondary N) is 1. The van der Waals surface area contributed by atoms with Crippen LogP contribution in [0.4, 0.5) is 0 Å². The smallest absolute Gasteiger partial charge is 0.355 e. The van der Waals surface area contributed by atoms with E-state index in [-0.39, 0.29) is 10.6 Å². The van der Waals surface area contributed by atoms with Crippen molar-refractivity contribution < 1.29 is 18.3 Å². The number of aromatic carboxylic acids is 1. The molecule has 0 amide bonds. The van der Waals surface area contributed by atoms with Crippen LogP contribution < -0.4 is 4.72 Å². The van der Waals surface area contributed by atoms with Crippen LogP contribution in [-0.4, -0.2) is 29.5 Å². The zero-order valence-corrected chi connectivity index (χ0v) is 12.0. The van der Waals surface area contributed by atoms with Crippen molar-refractivity contribution in [3.8, 4) is 0 Å². The number of carbonyl (C=O) groups is 1. The van der Waals surface area contributed by atoms with Crippen LogP contribution in [0.5, 0.6) is 0 Å². The van der Waals surface area contributed by atoms with Gasteiger partial charge in [-0.3, -0.25) is 4.98 Å². The Kier molecular flexibility index (Phi) is 4.12. The molecule has 9 heteroatoms. The van der Waals surface area contributed by atoms with Gasteiger partial charge in [0.15, 0.2) is 5.69 Å². The summed E-state index contributed by atoms with van der Waals surface area (Å²) < 4.78 is 26.6. The van der Waals surface area contributed by atoms with Crippen molar-refractivity contribution >= 4 is 27.3 Å². The predicted octanol–water partition coefficient (Wildman–Crippen LogP) is 1.28. The number of hydrogen-bond donors (Lipinski definition) is 2. The summed E-state index contributed by atoms with van der Waals surface area (Å²) in [5.74, 6) is -1.14. The molecule has 20 heavy (non-hydrogen) atoms. The first-order valence-corrected chi connectivity index (χ1v) is 7.87. The normalized spacial score (nSPS) is 13.1. The Hall–Kier alpha value is -1.84. The number of sulfonamides is 1. The summed E-state index contributed by atoms with van der Waals surface area (Å²) in [6.07, 6.45) is 2.71. The van der Waals surface area contributed by atoms with Gasteiger partial charge in [0.2, 0.25) is 10.0 Å². The van der Waals surface area contributed by atoms with Gasteiger partial charge in [0.05, 0.1) is 6.04 Å². The summed E-state index contributed by atoms with van der Waals surface area (Å²) in [6, 6.07) is 2.32. The fraction of sp³-hybridized carbons (Fsp3) is 0.182. The van der Waals surface area contributed by atoms with Crippen molar-refractivity contribution in [2.45, 2.75) is 17.9 Å². The molecule has 1 atom stereocenters. The Morgan fingerprint density at radius 1 is 1.50 bits per heavy atom. The lowest BCUT2D eigenvalue weighted by Crippen LogP contribution is -2.27. The minimum Gasteiger partial charge on any atom is -0.476 e. The van der Waals surface area contributed by atoms with E-state index in [4.69, 9.17) is 5.11 Å². The zero-order chi connectivity index (χ0) is 14.8. The van der Waals surface area contributed by atoms with Crippen molar-refractivity contribution in [2.75, 3.05) is 0 Å². The lowest BCUT2D eigenvalue weighted by atomic mass is 10.4. The zero-order valence-electron chi connectivity index (χ0n) is 10.3. The Bertz CT molecular complexity index is 712. The molecule has 2 aromatic rings. The van der Waals surface area contributed by atoms with Crippen molar-refractivity contribution in [3.05, 3.63) is 40.6 Å². The van der Waals surface area contributed by atoms with Gasteiger partial charge < -0.3 is 5.11 Å². The Morgan fingerprint density at radius 3 is 2.80 bits per heavy atom. The van der Waals surface area contributed by atoms with Gasteiger partial charge in [-0.2, -0.15) is 0 Å². The molecule has 106 valence electrons. The molecule has 7 nitrogen and oxygen atoms in total. The predicted molar refractivity (Wildman–Crippen MR) is 72.0 cm³/mol. The van der Waals surface area contributed by atoms with Gasteiger partial charge >= 0.3 is 5.97 Å². The number of carboxylic acids is 1. The van der Waals surface area contributed by atoms with E-state index in [2.05, 4.69) is 14.7 Å². The Balaban J connectivity index is 2.18. The summed E-state index contributed by atoms with van der Waals surface area (Å²) >= 11 is 1.09. The van der Waals surface area contributed by atoms with Crippen molar-refractivity contribution in [3.63, 3.8) is 0 Å². The van der Waals surface area contributed by atoms with Crippen LogP contribution >= 0.6 is 11.3 Å². The fourth-order valence-corrected chi connectivity index (χ4v) is 3.49. The molecule has 2 aromatic heterocycles. The maximum atomic E-state index is 12.1. The molecular weight excluding hydrogens is 302 g/mol. The molecule has 0 fully saturated rings. The number of carboxylic acid groups (broad SMARTS) is 1. The third-order valence-corrected chi connectivity index (χ3v) is 4.94. The maximum Gasteiger partial charge on any atom is 0.355 e. The van der Waals surface area contributed by atoms with E-state index in [1.165, 1.54) is 29.9 Å². The van der Waals surface area contributed by atoms with Crippen LogP contribution in [0, 0.1) is 0 Å². The van der Waals surface area contributed by atoms with Crippen molar-refractivity contribution in [1.29, 1.82) is 0 Å².